The first-order chi connectivity index (χ1) is 11.8. The van der Waals surface area contributed by atoms with Crippen molar-refractivity contribution in [1.82, 2.24) is 0 Å². The molecule has 0 nitrogen and oxygen atoms in total. The Balaban J connectivity index is 0.000000307. The maximum Gasteiger partial charge on any atom is 4.00 e. The van der Waals surface area contributed by atoms with Crippen molar-refractivity contribution in [3.05, 3.63) is 121 Å². The second-order valence-electron chi connectivity index (χ2n) is 4.55. The Morgan fingerprint density at radius 2 is 0.720 bits per heavy atom. The second kappa shape index (κ2) is 17.1. The SMILES string of the molecule is [S-]c1ccccc1.[S-]c1ccccc1.[Ti+4].c1cc[cH-]c1.c1cc[cH-]c1. The predicted octanol–water partition coefficient (Wildman–Crippen LogP) is 5.99. The Kier molecular flexibility index (Phi) is 16.0. The van der Waals surface area contributed by atoms with E-state index >= 15 is 0 Å². The third-order valence-corrected chi connectivity index (χ3v) is 3.14. The average Bonchev–Trinajstić information content (AvgIpc) is 3.36. The van der Waals surface area contributed by atoms with Crippen molar-refractivity contribution < 1.29 is 21.7 Å². The van der Waals surface area contributed by atoms with Gasteiger partial charge in [0.25, 0.3) is 0 Å². The van der Waals surface area contributed by atoms with E-state index in [1.54, 1.807) is 0 Å². The molecule has 0 aromatic heterocycles. The van der Waals surface area contributed by atoms with Crippen LogP contribution in [-0.2, 0) is 47.0 Å². The standard InChI is InChI=1S/2C6H6S.2C5H5.Ti/c2*7-6-4-2-1-3-5-6;2*1-2-4-5-3-1;/h2*1-5,7H;2*1-5H;/q;;2*-1;+4/p-2. The van der Waals surface area contributed by atoms with Gasteiger partial charge in [-0.2, -0.15) is 46.2 Å². The molecule has 0 aliphatic heterocycles. The van der Waals surface area contributed by atoms with E-state index in [4.69, 9.17) is 25.3 Å². The fraction of sp³-hybridized carbons (Fsp3) is 0. The fourth-order valence-electron chi connectivity index (χ4n) is 1.48. The molecule has 0 bridgehead atoms. The largest absolute Gasteiger partial charge is 4.00 e. The van der Waals surface area contributed by atoms with Gasteiger partial charge in [0.15, 0.2) is 0 Å². The summed E-state index contributed by atoms with van der Waals surface area (Å²) in [7, 11) is 0. The fourth-order valence-corrected chi connectivity index (χ4v) is 1.80. The van der Waals surface area contributed by atoms with Crippen molar-refractivity contribution in [3.63, 3.8) is 0 Å². The van der Waals surface area contributed by atoms with Crippen LogP contribution in [0, 0.1) is 0 Å². The molecular formula is C22H20S2Ti. The molecular weight excluding hydrogens is 376 g/mol. The molecule has 4 aromatic rings. The van der Waals surface area contributed by atoms with Crippen molar-refractivity contribution in [2.24, 2.45) is 0 Å². The predicted molar refractivity (Wildman–Crippen MR) is 108 cm³/mol. The summed E-state index contributed by atoms with van der Waals surface area (Å²) in [4.78, 5) is 1.81. The number of hydrogen-bond donors (Lipinski definition) is 0. The normalized spacial score (nSPS) is 8.00. The molecule has 4 rings (SSSR count). The average molecular weight is 396 g/mol. The van der Waals surface area contributed by atoms with Crippen LogP contribution >= 0.6 is 0 Å². The Morgan fingerprint density at radius 3 is 0.840 bits per heavy atom. The summed E-state index contributed by atoms with van der Waals surface area (Å²) in [5.74, 6) is 0. The summed E-state index contributed by atoms with van der Waals surface area (Å²) in [6, 6.07) is 39.2. The Bertz CT molecular complexity index is 577. The van der Waals surface area contributed by atoms with Crippen LogP contribution in [-0.4, -0.2) is 0 Å². The third kappa shape index (κ3) is 15.6. The topological polar surface area (TPSA) is 0 Å². The van der Waals surface area contributed by atoms with Crippen LogP contribution in [0.2, 0.25) is 0 Å². The molecule has 124 valence electrons. The number of rotatable bonds is 0. The molecule has 25 heavy (non-hydrogen) atoms. The summed E-state index contributed by atoms with van der Waals surface area (Å²) < 4.78 is 0. The molecule has 0 aliphatic rings. The van der Waals surface area contributed by atoms with Crippen LogP contribution in [0.15, 0.2) is 131 Å². The van der Waals surface area contributed by atoms with E-state index in [2.05, 4.69) is 0 Å². The van der Waals surface area contributed by atoms with Crippen molar-refractivity contribution in [1.29, 1.82) is 0 Å². The van der Waals surface area contributed by atoms with Crippen LogP contribution in [0.1, 0.15) is 0 Å². The smallest absolute Gasteiger partial charge is 0.780 e. The van der Waals surface area contributed by atoms with Gasteiger partial charge in [0, 0.05) is 0 Å². The van der Waals surface area contributed by atoms with Crippen molar-refractivity contribution in [2.45, 2.75) is 9.79 Å². The van der Waals surface area contributed by atoms with Crippen molar-refractivity contribution in [2.75, 3.05) is 0 Å². The molecule has 4 aromatic carbocycles. The van der Waals surface area contributed by atoms with Gasteiger partial charge in [0.1, 0.15) is 0 Å². The molecule has 0 atom stereocenters. The Labute approximate surface area is 177 Å². The van der Waals surface area contributed by atoms with E-state index in [9.17, 15) is 0 Å². The number of benzene rings is 2. The summed E-state index contributed by atoms with van der Waals surface area (Å²) >= 11 is 9.62. The summed E-state index contributed by atoms with van der Waals surface area (Å²) in [5, 5.41) is 0. The first-order valence-corrected chi connectivity index (χ1v) is 8.38. The molecule has 0 amide bonds. The van der Waals surface area contributed by atoms with Gasteiger partial charge in [-0.05, 0) is 0 Å². The van der Waals surface area contributed by atoms with E-state index < -0.39 is 0 Å². The van der Waals surface area contributed by atoms with Crippen LogP contribution in [0.25, 0.3) is 0 Å². The van der Waals surface area contributed by atoms with Gasteiger partial charge in [0.2, 0.25) is 0 Å². The first-order valence-electron chi connectivity index (χ1n) is 7.56. The quantitative estimate of drug-likeness (QED) is 0.203. The van der Waals surface area contributed by atoms with Crippen molar-refractivity contribution in [3.8, 4) is 0 Å². The second-order valence-corrected chi connectivity index (χ2v) is 5.49. The zero-order valence-electron chi connectivity index (χ0n) is 13.9. The van der Waals surface area contributed by atoms with Gasteiger partial charge in [0.05, 0.1) is 0 Å². The van der Waals surface area contributed by atoms with Gasteiger partial charge in [-0.15, -0.1) is 0 Å². The number of hydrogen-bond acceptors (Lipinski definition) is 2. The minimum atomic E-state index is 0. The molecule has 0 saturated carbocycles. The molecule has 0 heterocycles. The molecule has 0 N–H and O–H groups in total. The molecule has 0 spiro atoms. The summed E-state index contributed by atoms with van der Waals surface area (Å²) in [6.45, 7) is 0. The van der Waals surface area contributed by atoms with Crippen molar-refractivity contribution >= 4 is 25.3 Å². The Morgan fingerprint density at radius 1 is 0.440 bits per heavy atom. The minimum Gasteiger partial charge on any atom is -0.780 e. The van der Waals surface area contributed by atoms with Crippen LogP contribution in [0.4, 0.5) is 0 Å². The maximum absolute atomic E-state index is 4.81. The Hall–Kier alpha value is -1.71. The first kappa shape index (κ1) is 23.3. The van der Waals surface area contributed by atoms with Gasteiger partial charge >= 0.3 is 21.7 Å². The van der Waals surface area contributed by atoms with Gasteiger partial charge in [-0.3, -0.25) is 0 Å². The molecule has 0 aliphatic carbocycles. The van der Waals surface area contributed by atoms with Gasteiger partial charge in [-0.25, -0.2) is 24.3 Å². The monoisotopic (exact) mass is 396 g/mol. The van der Waals surface area contributed by atoms with E-state index in [1.807, 2.05) is 121 Å². The molecule has 0 unspecified atom stereocenters. The van der Waals surface area contributed by atoms with E-state index in [0.29, 0.717) is 0 Å². The van der Waals surface area contributed by atoms with Gasteiger partial charge in [-0.1, -0.05) is 60.7 Å². The van der Waals surface area contributed by atoms with Gasteiger partial charge < -0.3 is 25.3 Å². The summed E-state index contributed by atoms with van der Waals surface area (Å²) in [6.07, 6.45) is 0. The van der Waals surface area contributed by atoms with E-state index in [0.717, 1.165) is 9.79 Å². The molecule has 0 radical (unpaired) electrons. The van der Waals surface area contributed by atoms with E-state index in [-0.39, 0.29) is 21.7 Å². The van der Waals surface area contributed by atoms with Crippen LogP contribution in [0.3, 0.4) is 0 Å². The molecule has 0 fully saturated rings. The van der Waals surface area contributed by atoms with Crippen LogP contribution < -0.4 is 0 Å². The van der Waals surface area contributed by atoms with Crippen LogP contribution in [0.5, 0.6) is 0 Å². The molecule has 0 saturated heterocycles. The third-order valence-electron chi connectivity index (χ3n) is 2.60. The zero-order chi connectivity index (χ0) is 17.3. The minimum absolute atomic E-state index is 0. The zero-order valence-corrected chi connectivity index (χ0v) is 17.1. The van der Waals surface area contributed by atoms with E-state index in [1.165, 1.54) is 0 Å². The summed E-state index contributed by atoms with van der Waals surface area (Å²) in [5.41, 5.74) is 0. The maximum atomic E-state index is 4.81. The molecule has 3 heteroatoms.